The molecule has 36 heavy (non-hydrogen) atoms. The number of piperidine rings is 1. The van der Waals surface area contributed by atoms with Crippen LogP contribution in [0.4, 0.5) is 4.79 Å². The summed E-state index contributed by atoms with van der Waals surface area (Å²) >= 11 is 0. The van der Waals surface area contributed by atoms with E-state index in [1.807, 2.05) is 0 Å². The number of H-pyrrole nitrogens is 1. The van der Waals surface area contributed by atoms with Crippen molar-refractivity contribution in [3.05, 3.63) is 48.0 Å². The van der Waals surface area contributed by atoms with Gasteiger partial charge in [0.15, 0.2) is 5.78 Å². The largest absolute Gasteiger partial charge is 0.444 e. The number of carbonyl (C=O) groups is 3. The van der Waals surface area contributed by atoms with Gasteiger partial charge in [-0.25, -0.2) is 18.2 Å². The fraction of sp³-hybridized carbons (Fsp3) is 0.500. The average molecular weight is 518 g/mol. The molecular weight excluding hydrogens is 486 g/mol. The van der Waals surface area contributed by atoms with Gasteiger partial charge < -0.3 is 19.9 Å². The Hall–Kier alpha value is -3.25. The molecule has 1 aromatic carbocycles. The highest BCUT2D eigenvalue weighted by Gasteiger charge is 2.58. The van der Waals surface area contributed by atoms with Crippen molar-refractivity contribution in [2.45, 2.75) is 69.2 Å². The lowest BCUT2D eigenvalue weighted by molar-refractivity contribution is -0.121. The van der Waals surface area contributed by atoms with Gasteiger partial charge in [0.05, 0.1) is 11.2 Å². The Balaban J connectivity index is 1.67. The Bertz CT molecular complexity index is 1240. The van der Waals surface area contributed by atoms with E-state index in [1.165, 1.54) is 46.7 Å². The maximum atomic E-state index is 14.0. The Morgan fingerprint density at radius 3 is 2.33 bits per heavy atom. The number of benzene rings is 1. The zero-order valence-corrected chi connectivity index (χ0v) is 21.6. The summed E-state index contributed by atoms with van der Waals surface area (Å²) in [5.74, 6) is -0.598. The van der Waals surface area contributed by atoms with Crippen LogP contribution >= 0.6 is 0 Å². The predicted molar refractivity (Wildman–Crippen MR) is 129 cm³/mol. The Labute approximate surface area is 210 Å². The molecule has 4 rings (SSSR count). The number of nitrogens with zero attached hydrogens (tertiary/aromatic N) is 3. The molecule has 0 bridgehead atoms. The maximum Gasteiger partial charge on any atom is 0.410 e. The molecule has 12 heteroatoms. The molecular formula is C24H31N5O6S. The number of Topliss-reactive ketones (excluding diaryl/α,β-unsaturated/α-hetero) is 1. The molecule has 1 aromatic heterocycles. The second-order valence-electron chi connectivity index (χ2n) is 10.2. The second kappa shape index (κ2) is 9.32. The van der Waals surface area contributed by atoms with Crippen molar-refractivity contribution in [1.29, 1.82) is 0 Å². The molecule has 3 heterocycles. The van der Waals surface area contributed by atoms with E-state index in [-0.39, 0.29) is 43.0 Å². The summed E-state index contributed by atoms with van der Waals surface area (Å²) in [6, 6.07) is 4.66. The number of sulfonamides is 1. The van der Waals surface area contributed by atoms with Gasteiger partial charge in [0.25, 0.3) is 0 Å². The number of ether oxygens (including phenoxy) is 1. The molecule has 2 aromatic rings. The molecule has 194 valence electrons. The highest BCUT2D eigenvalue weighted by molar-refractivity contribution is 7.89. The normalized spacial score (nSPS) is 20.4. The monoisotopic (exact) mass is 517 g/mol. The smallest absolute Gasteiger partial charge is 0.410 e. The number of likely N-dealkylation sites (tertiary alicyclic amines) is 1. The molecule has 1 spiro atoms. The first-order chi connectivity index (χ1) is 16.8. The van der Waals surface area contributed by atoms with Gasteiger partial charge in [0.2, 0.25) is 15.9 Å². The summed E-state index contributed by atoms with van der Waals surface area (Å²) < 4.78 is 34.7. The third-order valence-corrected chi connectivity index (χ3v) is 8.38. The van der Waals surface area contributed by atoms with Crippen molar-refractivity contribution in [2.75, 3.05) is 13.1 Å². The molecule has 1 unspecified atom stereocenters. The highest BCUT2D eigenvalue weighted by Crippen LogP contribution is 2.39. The van der Waals surface area contributed by atoms with Crippen LogP contribution in [-0.4, -0.2) is 75.8 Å². The van der Waals surface area contributed by atoms with Crippen LogP contribution < -0.4 is 5.32 Å². The van der Waals surface area contributed by atoms with E-state index in [0.29, 0.717) is 11.3 Å². The standard InChI is InChI=1S/C24H31N5O6S/c1-16(30)17-5-7-19(8-6-17)36(33,34)29-20(13-18-14-25-15-26-18)21(31)27-24(29)9-11-28(12-10-24)22(32)35-23(2,3)4/h5-8,14-15,20H,9-13H2,1-4H3,(H,25,26)(H,27,31). The van der Waals surface area contributed by atoms with E-state index in [0.717, 1.165) is 0 Å². The average Bonchev–Trinajstić information content (AvgIpc) is 3.40. The van der Waals surface area contributed by atoms with Crippen LogP contribution in [0.25, 0.3) is 0 Å². The molecule has 2 aliphatic rings. The number of nitrogens with one attached hydrogen (secondary N) is 2. The number of imidazole rings is 1. The number of hydrogen-bond acceptors (Lipinski definition) is 7. The minimum absolute atomic E-state index is 0.0208. The first-order valence-electron chi connectivity index (χ1n) is 11.8. The topological polar surface area (TPSA) is 142 Å². The molecule has 1 atom stereocenters. The molecule has 0 radical (unpaired) electrons. The third-order valence-electron chi connectivity index (χ3n) is 6.39. The first-order valence-corrected chi connectivity index (χ1v) is 13.2. The molecule has 2 amide bonds. The summed E-state index contributed by atoms with van der Waals surface area (Å²) in [6.45, 7) is 7.15. The van der Waals surface area contributed by atoms with Gasteiger partial charge in [-0.2, -0.15) is 4.31 Å². The minimum atomic E-state index is -4.17. The van der Waals surface area contributed by atoms with Crippen LogP contribution in [0.1, 0.15) is 56.6 Å². The number of rotatable bonds is 5. The fourth-order valence-electron chi connectivity index (χ4n) is 4.66. The van der Waals surface area contributed by atoms with Gasteiger partial charge >= 0.3 is 6.09 Å². The lowest BCUT2D eigenvalue weighted by Gasteiger charge is -2.44. The van der Waals surface area contributed by atoms with Crippen LogP contribution in [0, 0.1) is 0 Å². The summed E-state index contributed by atoms with van der Waals surface area (Å²) in [6.07, 6.45) is 3.04. The molecule has 2 aliphatic heterocycles. The SMILES string of the molecule is CC(=O)c1ccc(S(=O)(=O)N2C(Cc3cnc[nH]3)C(=O)NC23CCN(C(=O)OC(C)(C)C)CC3)cc1. The molecule has 0 saturated carbocycles. The van der Waals surface area contributed by atoms with Crippen molar-refractivity contribution in [2.24, 2.45) is 0 Å². The van der Waals surface area contributed by atoms with Crippen molar-refractivity contribution in [3.8, 4) is 0 Å². The molecule has 11 nitrogen and oxygen atoms in total. The Kier molecular flexibility index (Phi) is 6.69. The zero-order valence-electron chi connectivity index (χ0n) is 20.8. The van der Waals surface area contributed by atoms with E-state index >= 15 is 0 Å². The molecule has 2 fully saturated rings. The number of aromatic nitrogens is 2. The van der Waals surface area contributed by atoms with Gasteiger partial charge in [-0.3, -0.25) is 9.59 Å². The number of carbonyl (C=O) groups excluding carboxylic acids is 3. The lowest BCUT2D eigenvalue weighted by Crippen LogP contribution is -2.61. The van der Waals surface area contributed by atoms with E-state index in [2.05, 4.69) is 15.3 Å². The van der Waals surface area contributed by atoms with E-state index in [1.54, 1.807) is 27.0 Å². The van der Waals surface area contributed by atoms with Crippen LogP contribution in [-0.2, 0) is 26.0 Å². The molecule has 2 N–H and O–H groups in total. The minimum Gasteiger partial charge on any atom is -0.444 e. The van der Waals surface area contributed by atoms with Crippen molar-refractivity contribution < 1.29 is 27.5 Å². The number of amides is 2. The number of hydrogen-bond donors (Lipinski definition) is 2. The van der Waals surface area contributed by atoms with Crippen molar-refractivity contribution in [1.82, 2.24) is 24.5 Å². The Morgan fingerprint density at radius 2 is 1.81 bits per heavy atom. The van der Waals surface area contributed by atoms with Crippen LogP contribution in [0.15, 0.2) is 41.7 Å². The number of aromatic amines is 1. The lowest BCUT2D eigenvalue weighted by atomic mass is 9.97. The van der Waals surface area contributed by atoms with E-state index in [4.69, 9.17) is 4.74 Å². The van der Waals surface area contributed by atoms with E-state index < -0.39 is 39.3 Å². The summed E-state index contributed by atoms with van der Waals surface area (Å²) in [7, 11) is -4.17. The van der Waals surface area contributed by atoms with Gasteiger partial charge in [0, 0.05) is 49.8 Å². The fourth-order valence-corrected chi connectivity index (χ4v) is 6.56. The summed E-state index contributed by atoms with van der Waals surface area (Å²) in [4.78, 5) is 45.9. The second-order valence-corrected chi connectivity index (χ2v) is 12.0. The van der Waals surface area contributed by atoms with Gasteiger partial charge in [-0.1, -0.05) is 12.1 Å². The van der Waals surface area contributed by atoms with Crippen molar-refractivity contribution in [3.63, 3.8) is 0 Å². The van der Waals surface area contributed by atoms with Crippen LogP contribution in [0.3, 0.4) is 0 Å². The number of ketones is 1. The van der Waals surface area contributed by atoms with E-state index in [9.17, 15) is 22.8 Å². The van der Waals surface area contributed by atoms with Crippen LogP contribution in [0.2, 0.25) is 0 Å². The summed E-state index contributed by atoms with van der Waals surface area (Å²) in [5.41, 5.74) is -0.868. The zero-order chi connectivity index (χ0) is 26.3. The maximum absolute atomic E-state index is 14.0. The Morgan fingerprint density at radius 1 is 1.17 bits per heavy atom. The molecule has 2 saturated heterocycles. The quantitative estimate of drug-likeness (QED) is 0.578. The van der Waals surface area contributed by atoms with Crippen molar-refractivity contribution >= 4 is 27.8 Å². The van der Waals surface area contributed by atoms with Crippen LogP contribution in [0.5, 0.6) is 0 Å². The summed E-state index contributed by atoms with van der Waals surface area (Å²) in [5, 5.41) is 2.94. The van der Waals surface area contributed by atoms with Gasteiger partial charge in [0.1, 0.15) is 17.3 Å². The highest BCUT2D eigenvalue weighted by atomic mass is 32.2. The molecule has 0 aliphatic carbocycles. The first kappa shape index (κ1) is 25.8. The third kappa shape index (κ3) is 5.00. The predicted octanol–water partition coefficient (Wildman–Crippen LogP) is 2.07. The van der Waals surface area contributed by atoms with Gasteiger partial charge in [-0.05, 0) is 39.8 Å². The van der Waals surface area contributed by atoms with Gasteiger partial charge in [-0.15, -0.1) is 0 Å².